The first-order valence-electron chi connectivity index (χ1n) is 4.92. The first-order chi connectivity index (χ1) is 7.87. The Labute approximate surface area is 103 Å². The average molecular weight is 274 g/mol. The molecule has 0 aliphatic carbocycles. The largest absolute Gasteiger partial charge is 0.331 e. The summed E-state index contributed by atoms with van der Waals surface area (Å²) in [4.78, 5) is 2.91. The summed E-state index contributed by atoms with van der Waals surface area (Å²) >= 11 is 5.07. The number of rotatable bonds is 3. The Hall–Kier alpha value is -1.21. The molecule has 0 saturated heterocycles. The second kappa shape index (κ2) is 4.23. The third kappa shape index (κ3) is 2.73. The minimum absolute atomic E-state index is 0.0230. The Morgan fingerprint density at radius 1 is 1.47 bits per heavy atom. The van der Waals surface area contributed by atoms with E-state index in [2.05, 4.69) is 4.98 Å². The predicted octanol–water partition coefficient (Wildman–Crippen LogP) is 1.88. The fourth-order valence-corrected chi connectivity index (χ4v) is 2.42. The summed E-state index contributed by atoms with van der Waals surface area (Å²) in [6, 6.07) is 4.25. The molecule has 1 N–H and O–H groups in total. The number of sulfone groups is 1. The monoisotopic (exact) mass is 274 g/mol. The smallest absolute Gasteiger partial charge is 0.178 e. The highest BCUT2D eigenvalue weighted by atomic mass is 32.2. The molecule has 92 valence electrons. The maximum atomic E-state index is 13.1. The van der Waals surface area contributed by atoms with Crippen LogP contribution >= 0.6 is 12.2 Å². The van der Waals surface area contributed by atoms with Crippen molar-refractivity contribution in [1.29, 1.82) is 0 Å². The fraction of sp³-hybridized carbons (Fsp3) is 0.300. The predicted molar refractivity (Wildman–Crippen MR) is 66.8 cm³/mol. The van der Waals surface area contributed by atoms with Gasteiger partial charge in [-0.1, -0.05) is 0 Å². The number of H-pyrrole nitrogens is 1. The van der Waals surface area contributed by atoms with E-state index in [1.165, 1.54) is 12.1 Å². The fourth-order valence-electron chi connectivity index (χ4n) is 1.61. The van der Waals surface area contributed by atoms with E-state index in [9.17, 15) is 12.8 Å². The lowest BCUT2D eigenvalue weighted by molar-refractivity contribution is 0.595. The van der Waals surface area contributed by atoms with Gasteiger partial charge in [0, 0.05) is 12.8 Å². The van der Waals surface area contributed by atoms with Crippen LogP contribution in [0.3, 0.4) is 0 Å². The molecule has 0 radical (unpaired) electrons. The van der Waals surface area contributed by atoms with Crippen molar-refractivity contribution in [2.75, 3.05) is 12.0 Å². The maximum absolute atomic E-state index is 13.1. The number of hydrogen-bond donors (Lipinski definition) is 1. The number of aryl methyl sites for hydroxylation is 1. The summed E-state index contributed by atoms with van der Waals surface area (Å²) in [6.07, 6.45) is 1.16. The summed E-state index contributed by atoms with van der Waals surface area (Å²) in [5.74, 6) is -0.398. The van der Waals surface area contributed by atoms with Gasteiger partial charge in [-0.05, 0) is 30.4 Å². The topological polar surface area (TPSA) is 54.9 Å². The molecular weight excluding hydrogens is 263 g/mol. The van der Waals surface area contributed by atoms with E-state index in [1.807, 2.05) is 0 Å². The quantitative estimate of drug-likeness (QED) is 0.870. The van der Waals surface area contributed by atoms with Gasteiger partial charge in [0.25, 0.3) is 0 Å². The molecule has 0 fully saturated rings. The van der Waals surface area contributed by atoms with Crippen molar-refractivity contribution >= 4 is 33.1 Å². The summed E-state index contributed by atoms with van der Waals surface area (Å²) in [5.41, 5.74) is 1.28. The molecule has 0 saturated carbocycles. The van der Waals surface area contributed by atoms with E-state index >= 15 is 0 Å². The van der Waals surface area contributed by atoms with Crippen molar-refractivity contribution < 1.29 is 12.8 Å². The van der Waals surface area contributed by atoms with Crippen molar-refractivity contribution in [1.82, 2.24) is 9.55 Å². The molecule has 7 heteroatoms. The molecule has 2 rings (SSSR count). The number of aromatic amines is 1. The van der Waals surface area contributed by atoms with Crippen LogP contribution in [0.15, 0.2) is 18.2 Å². The van der Waals surface area contributed by atoms with E-state index in [0.29, 0.717) is 15.8 Å². The van der Waals surface area contributed by atoms with E-state index in [0.717, 1.165) is 6.26 Å². The number of imidazole rings is 1. The second-order valence-electron chi connectivity index (χ2n) is 3.87. The van der Waals surface area contributed by atoms with Gasteiger partial charge in [-0.2, -0.15) is 0 Å². The van der Waals surface area contributed by atoms with Crippen LogP contribution in [-0.2, 0) is 16.4 Å². The van der Waals surface area contributed by atoms with Gasteiger partial charge in [-0.25, -0.2) is 12.8 Å². The zero-order valence-corrected chi connectivity index (χ0v) is 10.7. The Bertz CT molecular complexity index is 715. The molecule has 4 nitrogen and oxygen atoms in total. The number of fused-ring (bicyclic) bond motifs is 1. The van der Waals surface area contributed by atoms with Crippen molar-refractivity contribution in [3.63, 3.8) is 0 Å². The van der Waals surface area contributed by atoms with Gasteiger partial charge in [0.2, 0.25) is 0 Å². The summed E-state index contributed by atoms with van der Waals surface area (Å²) in [5, 5.41) is 0. The lowest BCUT2D eigenvalue weighted by atomic mass is 10.3. The molecule has 1 aromatic heterocycles. The SMILES string of the molecule is CS(=O)(=O)CCn1c(=S)[nH]c2ccc(F)cc21. The van der Waals surface area contributed by atoms with Crippen LogP contribution in [-0.4, -0.2) is 30.0 Å². The minimum atomic E-state index is -3.07. The zero-order chi connectivity index (χ0) is 12.6. The van der Waals surface area contributed by atoms with E-state index < -0.39 is 9.84 Å². The molecule has 1 aromatic carbocycles. The van der Waals surface area contributed by atoms with Crippen LogP contribution in [0.4, 0.5) is 4.39 Å². The molecule has 0 spiro atoms. The highest BCUT2D eigenvalue weighted by Crippen LogP contribution is 2.15. The molecule has 0 unspecified atom stereocenters. The second-order valence-corrected chi connectivity index (χ2v) is 6.52. The minimum Gasteiger partial charge on any atom is -0.331 e. The number of halogens is 1. The Morgan fingerprint density at radius 2 is 2.18 bits per heavy atom. The molecule has 1 heterocycles. The first kappa shape index (κ1) is 12.3. The van der Waals surface area contributed by atoms with Crippen LogP contribution in [0.2, 0.25) is 0 Å². The summed E-state index contributed by atoms with van der Waals surface area (Å²) in [6.45, 7) is 0.223. The molecule has 0 bridgehead atoms. The van der Waals surface area contributed by atoms with Gasteiger partial charge in [-0.3, -0.25) is 0 Å². The average Bonchev–Trinajstić information content (AvgIpc) is 2.49. The molecule has 2 aromatic rings. The number of nitrogens with zero attached hydrogens (tertiary/aromatic N) is 1. The molecule has 0 atom stereocenters. The van der Waals surface area contributed by atoms with Crippen molar-refractivity contribution in [3.8, 4) is 0 Å². The van der Waals surface area contributed by atoms with Crippen molar-refractivity contribution in [2.24, 2.45) is 0 Å². The van der Waals surface area contributed by atoms with Gasteiger partial charge in [0.15, 0.2) is 4.77 Å². The van der Waals surface area contributed by atoms with Gasteiger partial charge in [0.1, 0.15) is 15.7 Å². The first-order valence-corrected chi connectivity index (χ1v) is 7.39. The van der Waals surface area contributed by atoms with E-state index in [-0.39, 0.29) is 18.1 Å². The Balaban J connectivity index is 2.49. The molecular formula is C10H11FN2O2S2. The van der Waals surface area contributed by atoms with Gasteiger partial charge in [-0.15, -0.1) is 0 Å². The van der Waals surface area contributed by atoms with E-state index in [1.54, 1.807) is 10.6 Å². The highest BCUT2D eigenvalue weighted by molar-refractivity contribution is 7.90. The van der Waals surface area contributed by atoms with Crippen LogP contribution in [0, 0.1) is 10.6 Å². The molecule has 0 amide bonds. The number of hydrogen-bond acceptors (Lipinski definition) is 3. The van der Waals surface area contributed by atoms with Crippen LogP contribution < -0.4 is 0 Å². The van der Waals surface area contributed by atoms with Gasteiger partial charge in [0.05, 0.1) is 16.8 Å². The standard InChI is InChI=1S/C10H11FN2O2S2/c1-17(14,15)5-4-13-9-6-7(11)2-3-8(9)12-10(13)16/h2-3,6H,4-5H2,1H3,(H,12,16). The van der Waals surface area contributed by atoms with Crippen molar-refractivity contribution in [3.05, 3.63) is 28.8 Å². The number of nitrogens with one attached hydrogen (secondary N) is 1. The third-order valence-corrected chi connectivity index (χ3v) is 3.67. The number of benzene rings is 1. The number of aromatic nitrogens is 2. The lowest BCUT2D eigenvalue weighted by Crippen LogP contribution is -2.11. The highest BCUT2D eigenvalue weighted by Gasteiger charge is 2.08. The Kier molecular flexibility index (Phi) is 3.05. The molecule has 0 aliphatic rings. The molecule has 0 aliphatic heterocycles. The maximum Gasteiger partial charge on any atom is 0.178 e. The Morgan fingerprint density at radius 3 is 2.82 bits per heavy atom. The van der Waals surface area contributed by atoms with Gasteiger partial charge >= 0.3 is 0 Å². The third-order valence-electron chi connectivity index (χ3n) is 2.42. The lowest BCUT2D eigenvalue weighted by Gasteiger charge is -2.03. The summed E-state index contributed by atoms with van der Waals surface area (Å²) < 4.78 is 37.3. The van der Waals surface area contributed by atoms with Gasteiger partial charge < -0.3 is 9.55 Å². The normalized spacial score (nSPS) is 12.1. The molecule has 17 heavy (non-hydrogen) atoms. The van der Waals surface area contributed by atoms with Crippen LogP contribution in [0.25, 0.3) is 11.0 Å². The van der Waals surface area contributed by atoms with Crippen LogP contribution in [0.5, 0.6) is 0 Å². The summed E-state index contributed by atoms with van der Waals surface area (Å²) in [7, 11) is -3.07. The van der Waals surface area contributed by atoms with Crippen LogP contribution in [0.1, 0.15) is 0 Å². The van der Waals surface area contributed by atoms with Crippen molar-refractivity contribution in [2.45, 2.75) is 6.54 Å². The van der Waals surface area contributed by atoms with E-state index in [4.69, 9.17) is 12.2 Å². The zero-order valence-electron chi connectivity index (χ0n) is 9.10.